The Labute approximate surface area is 169 Å². The molecule has 3 aromatic rings. The Hall–Kier alpha value is -3.74. The molecule has 0 saturated carbocycles. The second-order valence-electron chi connectivity index (χ2n) is 6.03. The van der Waals surface area contributed by atoms with E-state index >= 15 is 0 Å². The summed E-state index contributed by atoms with van der Waals surface area (Å²) in [5, 5.41) is 6.01. The lowest BCUT2D eigenvalue weighted by atomic mass is 10.2. The van der Waals surface area contributed by atoms with E-state index in [9.17, 15) is 4.79 Å². The van der Waals surface area contributed by atoms with Crippen molar-refractivity contribution in [3.8, 4) is 17.2 Å². The number of benzene rings is 2. The molecule has 0 aliphatic rings. The number of aromatic nitrogens is 1. The number of hydrogen-bond donors (Lipinski definition) is 2. The normalized spacial score (nSPS) is 10.2. The van der Waals surface area contributed by atoms with Crippen LogP contribution in [0.5, 0.6) is 17.2 Å². The van der Waals surface area contributed by atoms with Crippen LogP contribution in [-0.2, 0) is 0 Å². The minimum absolute atomic E-state index is 0.241. The summed E-state index contributed by atoms with van der Waals surface area (Å²) in [7, 11) is 3.18. The van der Waals surface area contributed by atoms with Crippen molar-refractivity contribution in [2.75, 3.05) is 31.5 Å². The maximum absolute atomic E-state index is 12.4. The molecule has 2 N–H and O–H groups in total. The largest absolute Gasteiger partial charge is 0.497 e. The van der Waals surface area contributed by atoms with Crippen LogP contribution >= 0.6 is 0 Å². The van der Waals surface area contributed by atoms with Crippen LogP contribution in [0.3, 0.4) is 0 Å². The van der Waals surface area contributed by atoms with Crippen molar-refractivity contribution in [3.05, 3.63) is 66.4 Å². The molecule has 7 heteroatoms. The number of nitrogens with zero attached hydrogens (tertiary/aromatic N) is 1. The number of ether oxygens (including phenoxy) is 3. The van der Waals surface area contributed by atoms with Crippen LogP contribution in [-0.4, -0.2) is 31.7 Å². The van der Waals surface area contributed by atoms with Crippen molar-refractivity contribution >= 4 is 23.1 Å². The molecule has 1 amide bonds. The number of nitrogens with one attached hydrogen (secondary N) is 2. The van der Waals surface area contributed by atoms with E-state index in [1.54, 1.807) is 44.6 Å². The third-order valence-corrected chi connectivity index (χ3v) is 4.12. The third kappa shape index (κ3) is 5.16. The van der Waals surface area contributed by atoms with Gasteiger partial charge in [0.1, 0.15) is 23.1 Å². The van der Waals surface area contributed by atoms with Crippen molar-refractivity contribution in [3.63, 3.8) is 0 Å². The zero-order valence-electron chi connectivity index (χ0n) is 16.6. The van der Waals surface area contributed by atoms with Gasteiger partial charge in [-0.1, -0.05) is 0 Å². The summed E-state index contributed by atoms with van der Waals surface area (Å²) in [6.07, 6.45) is 1.52. The lowest BCUT2D eigenvalue weighted by Crippen LogP contribution is -2.12. The van der Waals surface area contributed by atoms with Crippen LogP contribution in [0, 0.1) is 0 Å². The van der Waals surface area contributed by atoms with E-state index in [1.165, 1.54) is 6.20 Å². The number of hydrogen-bond acceptors (Lipinski definition) is 6. The summed E-state index contributed by atoms with van der Waals surface area (Å²) in [6.45, 7) is 2.52. The summed E-state index contributed by atoms with van der Waals surface area (Å²) in [4.78, 5) is 16.7. The van der Waals surface area contributed by atoms with Crippen LogP contribution in [0.1, 0.15) is 17.3 Å². The zero-order chi connectivity index (χ0) is 20.6. The maximum atomic E-state index is 12.4. The van der Waals surface area contributed by atoms with Crippen LogP contribution in [0.25, 0.3) is 0 Å². The van der Waals surface area contributed by atoms with E-state index in [1.807, 2.05) is 31.2 Å². The minimum Gasteiger partial charge on any atom is -0.497 e. The van der Waals surface area contributed by atoms with Gasteiger partial charge in [-0.25, -0.2) is 4.98 Å². The highest BCUT2D eigenvalue weighted by molar-refractivity contribution is 6.04. The highest BCUT2D eigenvalue weighted by Crippen LogP contribution is 2.31. The van der Waals surface area contributed by atoms with Crippen LogP contribution < -0.4 is 24.8 Å². The first-order valence-electron chi connectivity index (χ1n) is 9.12. The highest BCUT2D eigenvalue weighted by atomic mass is 16.5. The number of methoxy groups -OCH3 is 2. The topological polar surface area (TPSA) is 81.7 Å². The number of rotatable bonds is 8. The van der Waals surface area contributed by atoms with Gasteiger partial charge in [0.25, 0.3) is 5.91 Å². The van der Waals surface area contributed by atoms with Crippen molar-refractivity contribution in [1.82, 2.24) is 4.98 Å². The van der Waals surface area contributed by atoms with E-state index in [0.29, 0.717) is 35.2 Å². The predicted molar refractivity (Wildman–Crippen MR) is 113 cm³/mol. The number of carbonyl (C=O) groups is 1. The third-order valence-electron chi connectivity index (χ3n) is 4.12. The lowest BCUT2D eigenvalue weighted by Gasteiger charge is -2.12. The Kier molecular flexibility index (Phi) is 6.52. The molecular formula is C22H23N3O4. The van der Waals surface area contributed by atoms with Gasteiger partial charge in [0.2, 0.25) is 0 Å². The van der Waals surface area contributed by atoms with E-state index in [4.69, 9.17) is 14.2 Å². The number of anilines is 3. The second kappa shape index (κ2) is 9.45. The van der Waals surface area contributed by atoms with Crippen molar-refractivity contribution < 1.29 is 19.0 Å². The second-order valence-corrected chi connectivity index (χ2v) is 6.03. The van der Waals surface area contributed by atoms with Crippen LogP contribution in [0.4, 0.5) is 17.2 Å². The van der Waals surface area contributed by atoms with Gasteiger partial charge in [-0.15, -0.1) is 0 Å². The Morgan fingerprint density at radius 3 is 2.34 bits per heavy atom. The molecule has 0 unspecified atom stereocenters. The molecule has 0 aliphatic carbocycles. The fourth-order valence-corrected chi connectivity index (χ4v) is 2.65. The number of amides is 1. The monoisotopic (exact) mass is 393 g/mol. The average Bonchev–Trinajstić information content (AvgIpc) is 2.76. The fourth-order valence-electron chi connectivity index (χ4n) is 2.65. The maximum Gasteiger partial charge on any atom is 0.257 e. The highest BCUT2D eigenvalue weighted by Gasteiger charge is 2.09. The zero-order valence-corrected chi connectivity index (χ0v) is 16.6. The van der Waals surface area contributed by atoms with Crippen molar-refractivity contribution in [1.29, 1.82) is 0 Å². The molecule has 2 aromatic carbocycles. The molecule has 29 heavy (non-hydrogen) atoms. The molecule has 0 saturated heterocycles. The molecule has 1 aromatic heterocycles. The van der Waals surface area contributed by atoms with Gasteiger partial charge in [-0.3, -0.25) is 4.79 Å². The quantitative estimate of drug-likeness (QED) is 0.587. The minimum atomic E-state index is -0.241. The first-order chi connectivity index (χ1) is 14.1. The van der Waals surface area contributed by atoms with E-state index in [0.717, 1.165) is 11.4 Å². The molecule has 0 radical (unpaired) electrons. The Morgan fingerprint density at radius 1 is 0.966 bits per heavy atom. The molecular weight excluding hydrogens is 370 g/mol. The summed E-state index contributed by atoms with van der Waals surface area (Å²) in [5.74, 6) is 2.43. The van der Waals surface area contributed by atoms with Gasteiger partial charge in [0, 0.05) is 18.0 Å². The molecule has 0 aliphatic heterocycles. The van der Waals surface area contributed by atoms with Crippen molar-refractivity contribution in [2.45, 2.75) is 6.92 Å². The Balaban J connectivity index is 1.66. The number of carbonyl (C=O) groups excluding carboxylic acids is 1. The molecule has 1 heterocycles. The van der Waals surface area contributed by atoms with Gasteiger partial charge >= 0.3 is 0 Å². The molecule has 3 rings (SSSR count). The van der Waals surface area contributed by atoms with Gasteiger partial charge in [-0.05, 0) is 55.5 Å². The predicted octanol–water partition coefficient (Wildman–Crippen LogP) is 4.49. The van der Waals surface area contributed by atoms with Crippen LogP contribution in [0.15, 0.2) is 60.8 Å². The van der Waals surface area contributed by atoms with E-state index in [-0.39, 0.29) is 5.91 Å². The van der Waals surface area contributed by atoms with Gasteiger partial charge < -0.3 is 24.8 Å². The molecule has 7 nitrogen and oxygen atoms in total. The SMILES string of the molecule is CCOc1ccc(NC(=O)c2ccc(Nc3ccc(OC)cc3OC)nc2)cc1. The summed E-state index contributed by atoms with van der Waals surface area (Å²) < 4.78 is 16.0. The summed E-state index contributed by atoms with van der Waals surface area (Å²) in [5.41, 5.74) is 1.88. The smallest absolute Gasteiger partial charge is 0.257 e. The Bertz CT molecular complexity index is 957. The van der Waals surface area contributed by atoms with Gasteiger partial charge in [0.05, 0.1) is 32.1 Å². The first-order valence-corrected chi connectivity index (χ1v) is 9.12. The average molecular weight is 393 g/mol. The standard InChI is InChI=1S/C22H23N3O4/c1-4-29-17-8-6-16(7-9-17)24-22(26)15-5-12-21(23-14-15)25-19-11-10-18(27-2)13-20(19)28-3/h5-14H,4H2,1-3H3,(H,23,25)(H,24,26). The molecule has 0 spiro atoms. The molecule has 0 bridgehead atoms. The van der Waals surface area contributed by atoms with E-state index < -0.39 is 0 Å². The Morgan fingerprint density at radius 2 is 1.72 bits per heavy atom. The van der Waals surface area contributed by atoms with E-state index in [2.05, 4.69) is 15.6 Å². The van der Waals surface area contributed by atoms with Crippen molar-refractivity contribution in [2.24, 2.45) is 0 Å². The fraction of sp³-hybridized carbons (Fsp3) is 0.182. The summed E-state index contributed by atoms with van der Waals surface area (Å²) >= 11 is 0. The van der Waals surface area contributed by atoms with Crippen LogP contribution in [0.2, 0.25) is 0 Å². The van der Waals surface area contributed by atoms with Gasteiger partial charge in [-0.2, -0.15) is 0 Å². The first kappa shape index (κ1) is 20.0. The van der Waals surface area contributed by atoms with Gasteiger partial charge in [0.15, 0.2) is 0 Å². The molecule has 0 fully saturated rings. The number of pyridine rings is 1. The lowest BCUT2D eigenvalue weighted by molar-refractivity contribution is 0.102. The molecule has 150 valence electrons. The molecule has 0 atom stereocenters. The summed E-state index contributed by atoms with van der Waals surface area (Å²) in [6, 6.07) is 16.1.